The molecule has 0 N–H and O–H groups in total. The highest BCUT2D eigenvalue weighted by atomic mass is 35.5. The maximum absolute atomic E-state index is 12.5. The number of nitrogens with zero attached hydrogens (tertiary/aromatic N) is 3. The van der Waals surface area contributed by atoms with Crippen molar-refractivity contribution >= 4 is 28.6 Å². The lowest BCUT2D eigenvalue weighted by Crippen LogP contribution is -2.47. The second-order valence-corrected chi connectivity index (χ2v) is 6.10. The second kappa shape index (κ2) is 6.57. The molecule has 2 heterocycles. The molecule has 6 heteroatoms. The van der Waals surface area contributed by atoms with E-state index in [-0.39, 0.29) is 5.91 Å². The molecule has 0 bridgehead atoms. The van der Waals surface area contributed by atoms with Crippen molar-refractivity contribution in [1.29, 1.82) is 0 Å². The molecule has 5 nitrogen and oxygen atoms in total. The predicted octanol–water partition coefficient (Wildman–Crippen LogP) is 2.40. The van der Waals surface area contributed by atoms with Crippen molar-refractivity contribution in [2.24, 2.45) is 0 Å². The molecule has 0 aliphatic carbocycles. The van der Waals surface area contributed by atoms with Gasteiger partial charge in [-0.05, 0) is 42.6 Å². The first-order chi connectivity index (χ1) is 10.6. The van der Waals surface area contributed by atoms with Crippen molar-refractivity contribution in [1.82, 2.24) is 9.80 Å². The summed E-state index contributed by atoms with van der Waals surface area (Å²) >= 11 is 5.51. The molecule has 0 unspecified atom stereocenters. The highest BCUT2D eigenvalue weighted by Gasteiger charge is 2.22. The van der Waals surface area contributed by atoms with Gasteiger partial charge >= 0.3 is 5.37 Å². The van der Waals surface area contributed by atoms with E-state index in [9.17, 15) is 9.59 Å². The minimum atomic E-state index is -0.391. The van der Waals surface area contributed by atoms with Gasteiger partial charge in [-0.1, -0.05) is 6.07 Å². The number of piperazine rings is 1. The van der Waals surface area contributed by atoms with E-state index < -0.39 is 5.37 Å². The summed E-state index contributed by atoms with van der Waals surface area (Å²) in [7, 11) is 0. The standard InChI is InChI=1S/C16H20ClN3O2/c17-16(22)20-10-8-18(9-11-20)14-5-3-4-13(12-14)15(21)19-6-1-2-7-19/h3-5,12H,1-2,6-11H2. The van der Waals surface area contributed by atoms with Gasteiger partial charge in [-0.25, -0.2) is 0 Å². The maximum atomic E-state index is 12.5. The van der Waals surface area contributed by atoms with Crippen molar-refractivity contribution < 1.29 is 9.59 Å². The number of anilines is 1. The van der Waals surface area contributed by atoms with Gasteiger partial charge in [-0.3, -0.25) is 9.59 Å². The van der Waals surface area contributed by atoms with Crippen LogP contribution in [0.15, 0.2) is 24.3 Å². The molecule has 1 aromatic carbocycles. The molecule has 0 atom stereocenters. The van der Waals surface area contributed by atoms with Gasteiger partial charge in [0.1, 0.15) is 0 Å². The number of likely N-dealkylation sites (tertiary alicyclic amines) is 1. The Morgan fingerprint density at radius 3 is 2.23 bits per heavy atom. The van der Waals surface area contributed by atoms with Gasteiger partial charge in [0.15, 0.2) is 0 Å². The Morgan fingerprint density at radius 2 is 1.59 bits per heavy atom. The van der Waals surface area contributed by atoms with E-state index in [0.717, 1.165) is 50.3 Å². The zero-order chi connectivity index (χ0) is 15.5. The molecule has 2 aliphatic rings. The Hall–Kier alpha value is -1.75. The summed E-state index contributed by atoms with van der Waals surface area (Å²) in [5.41, 5.74) is 1.78. The third kappa shape index (κ3) is 3.19. The molecule has 0 saturated carbocycles. The molecule has 2 saturated heterocycles. The zero-order valence-electron chi connectivity index (χ0n) is 12.5. The van der Waals surface area contributed by atoms with E-state index in [2.05, 4.69) is 4.90 Å². The average Bonchev–Trinajstić information content (AvgIpc) is 3.09. The van der Waals surface area contributed by atoms with E-state index in [4.69, 9.17) is 11.6 Å². The Labute approximate surface area is 135 Å². The van der Waals surface area contributed by atoms with Gasteiger partial charge in [0.05, 0.1) is 0 Å². The van der Waals surface area contributed by atoms with Crippen LogP contribution in [0.4, 0.5) is 10.5 Å². The van der Waals surface area contributed by atoms with Gasteiger partial charge in [-0.15, -0.1) is 0 Å². The van der Waals surface area contributed by atoms with Crippen molar-refractivity contribution in [3.05, 3.63) is 29.8 Å². The summed E-state index contributed by atoms with van der Waals surface area (Å²) in [5.74, 6) is 0.119. The Balaban J connectivity index is 1.69. The summed E-state index contributed by atoms with van der Waals surface area (Å²) in [5, 5.41) is -0.391. The SMILES string of the molecule is O=C(Cl)N1CCN(c2cccc(C(=O)N3CCCC3)c2)CC1. The van der Waals surface area contributed by atoms with E-state index in [1.807, 2.05) is 29.2 Å². The summed E-state index contributed by atoms with van der Waals surface area (Å²) < 4.78 is 0. The molecule has 2 fully saturated rings. The van der Waals surface area contributed by atoms with Crippen LogP contribution in [0.2, 0.25) is 0 Å². The van der Waals surface area contributed by atoms with E-state index in [1.54, 1.807) is 4.90 Å². The molecular weight excluding hydrogens is 302 g/mol. The van der Waals surface area contributed by atoms with Crippen LogP contribution in [0.5, 0.6) is 0 Å². The maximum Gasteiger partial charge on any atom is 0.316 e. The number of amides is 2. The lowest BCUT2D eigenvalue weighted by atomic mass is 10.1. The smallest absolute Gasteiger partial charge is 0.316 e. The highest BCUT2D eigenvalue weighted by Crippen LogP contribution is 2.21. The molecule has 22 heavy (non-hydrogen) atoms. The highest BCUT2D eigenvalue weighted by molar-refractivity contribution is 6.62. The third-order valence-electron chi connectivity index (χ3n) is 4.38. The zero-order valence-corrected chi connectivity index (χ0v) is 13.3. The van der Waals surface area contributed by atoms with Gasteiger partial charge in [0.25, 0.3) is 5.91 Å². The van der Waals surface area contributed by atoms with E-state index >= 15 is 0 Å². The van der Waals surface area contributed by atoms with Crippen LogP contribution in [0.25, 0.3) is 0 Å². The van der Waals surface area contributed by atoms with Gasteiger partial charge < -0.3 is 14.7 Å². The van der Waals surface area contributed by atoms with Crippen LogP contribution in [0, 0.1) is 0 Å². The van der Waals surface area contributed by atoms with Crippen LogP contribution in [0.3, 0.4) is 0 Å². The van der Waals surface area contributed by atoms with Gasteiger partial charge in [0, 0.05) is 50.5 Å². The summed E-state index contributed by atoms with van der Waals surface area (Å²) in [6.45, 7) is 4.43. The monoisotopic (exact) mass is 321 g/mol. The molecule has 2 amide bonds. The molecule has 1 aromatic rings. The van der Waals surface area contributed by atoms with E-state index in [0.29, 0.717) is 13.1 Å². The lowest BCUT2D eigenvalue weighted by molar-refractivity contribution is 0.0793. The first kappa shape index (κ1) is 15.2. The fraction of sp³-hybridized carbons (Fsp3) is 0.500. The number of hydrogen-bond donors (Lipinski definition) is 0. The number of halogens is 1. The van der Waals surface area contributed by atoms with Crippen molar-refractivity contribution in [3.63, 3.8) is 0 Å². The van der Waals surface area contributed by atoms with Crippen molar-refractivity contribution in [3.8, 4) is 0 Å². The fourth-order valence-electron chi connectivity index (χ4n) is 3.08. The fourth-order valence-corrected chi connectivity index (χ4v) is 3.25. The average molecular weight is 322 g/mol. The Bertz CT molecular complexity index is 564. The normalized spacial score (nSPS) is 18.7. The molecule has 3 rings (SSSR count). The number of benzene rings is 1. The minimum Gasteiger partial charge on any atom is -0.368 e. The first-order valence-corrected chi connectivity index (χ1v) is 8.11. The molecule has 0 radical (unpaired) electrons. The number of hydrogen-bond acceptors (Lipinski definition) is 3. The lowest BCUT2D eigenvalue weighted by Gasteiger charge is -2.35. The largest absolute Gasteiger partial charge is 0.368 e. The molecule has 0 spiro atoms. The van der Waals surface area contributed by atoms with Crippen LogP contribution in [0.1, 0.15) is 23.2 Å². The number of carbonyl (C=O) groups is 2. The van der Waals surface area contributed by atoms with Crippen LogP contribution in [-0.4, -0.2) is 60.3 Å². The van der Waals surface area contributed by atoms with E-state index in [1.165, 1.54) is 0 Å². The van der Waals surface area contributed by atoms with Gasteiger partial charge in [0.2, 0.25) is 0 Å². The topological polar surface area (TPSA) is 43.9 Å². The third-order valence-corrected chi connectivity index (χ3v) is 4.62. The second-order valence-electron chi connectivity index (χ2n) is 5.78. The van der Waals surface area contributed by atoms with Crippen LogP contribution < -0.4 is 4.90 Å². The molecule has 118 valence electrons. The van der Waals surface area contributed by atoms with Crippen molar-refractivity contribution in [2.45, 2.75) is 12.8 Å². The van der Waals surface area contributed by atoms with Gasteiger partial charge in [-0.2, -0.15) is 0 Å². The predicted molar refractivity (Wildman–Crippen MR) is 86.6 cm³/mol. The quantitative estimate of drug-likeness (QED) is 0.620. The number of rotatable bonds is 2. The Morgan fingerprint density at radius 1 is 0.909 bits per heavy atom. The summed E-state index contributed by atoms with van der Waals surface area (Å²) in [4.78, 5) is 29.4. The first-order valence-electron chi connectivity index (χ1n) is 7.74. The minimum absolute atomic E-state index is 0.119. The van der Waals surface area contributed by atoms with Crippen molar-refractivity contribution in [2.75, 3.05) is 44.2 Å². The summed E-state index contributed by atoms with van der Waals surface area (Å²) in [6.07, 6.45) is 2.19. The van der Waals surface area contributed by atoms with Crippen LogP contribution >= 0.6 is 11.6 Å². The molecule has 2 aliphatic heterocycles. The Kier molecular flexibility index (Phi) is 4.52. The molecular formula is C16H20ClN3O2. The molecule has 0 aromatic heterocycles. The summed E-state index contributed by atoms with van der Waals surface area (Å²) in [6, 6.07) is 7.78. The van der Waals surface area contributed by atoms with Crippen LogP contribution in [-0.2, 0) is 0 Å². The number of carbonyl (C=O) groups excluding carboxylic acids is 2.